The summed E-state index contributed by atoms with van der Waals surface area (Å²) in [7, 11) is 0. The molecule has 0 saturated carbocycles. The molecule has 4 nitrogen and oxygen atoms in total. The summed E-state index contributed by atoms with van der Waals surface area (Å²) in [6, 6.07) is 7.14. The highest BCUT2D eigenvalue weighted by atomic mass is 16.6. The number of para-hydroxylation sites is 1. The number of hydrogen-bond acceptors (Lipinski definition) is 3. The molecule has 1 aliphatic heterocycles. The Morgan fingerprint density at radius 1 is 1.33 bits per heavy atom. The highest BCUT2D eigenvalue weighted by molar-refractivity contribution is 6.08. The monoisotopic (exact) mass is 289 g/mol. The number of fused-ring (bicyclic) bond motifs is 1. The van der Waals surface area contributed by atoms with Crippen molar-refractivity contribution in [1.82, 2.24) is 0 Å². The first-order valence-corrected chi connectivity index (χ1v) is 7.48. The zero-order valence-electron chi connectivity index (χ0n) is 13.2. The minimum atomic E-state index is -0.551. The van der Waals surface area contributed by atoms with Gasteiger partial charge in [-0.25, -0.2) is 4.79 Å². The van der Waals surface area contributed by atoms with Gasteiger partial charge in [-0.15, -0.1) is 0 Å². The molecule has 1 atom stereocenters. The van der Waals surface area contributed by atoms with Gasteiger partial charge in [0, 0.05) is 18.0 Å². The van der Waals surface area contributed by atoms with Crippen LogP contribution in [0.4, 0.5) is 10.5 Å². The van der Waals surface area contributed by atoms with Crippen LogP contribution in [0, 0.1) is 0 Å². The lowest BCUT2D eigenvalue weighted by Crippen LogP contribution is -2.47. The van der Waals surface area contributed by atoms with Crippen molar-refractivity contribution >= 4 is 17.6 Å². The number of carbonyl (C=O) groups excluding carboxylic acids is 2. The van der Waals surface area contributed by atoms with E-state index >= 15 is 0 Å². The van der Waals surface area contributed by atoms with Crippen LogP contribution in [0.1, 0.15) is 57.3 Å². The molecule has 1 aliphatic rings. The van der Waals surface area contributed by atoms with Gasteiger partial charge >= 0.3 is 6.09 Å². The standard InChI is InChI=1S/C17H23NO3/c1-5-8-12-11-15(19)13-9-6-7-10-14(13)18(12)16(20)21-17(2,3)4/h6-7,9-10,12H,5,8,11H2,1-4H3/t12-/m1/s1. The average molecular weight is 289 g/mol. The third-order valence-corrected chi connectivity index (χ3v) is 3.46. The van der Waals surface area contributed by atoms with Crippen molar-refractivity contribution in [1.29, 1.82) is 0 Å². The van der Waals surface area contributed by atoms with Gasteiger partial charge in [-0.1, -0.05) is 25.5 Å². The van der Waals surface area contributed by atoms with Crippen LogP contribution in [-0.2, 0) is 4.74 Å². The van der Waals surface area contributed by atoms with Gasteiger partial charge in [-0.2, -0.15) is 0 Å². The molecule has 1 aromatic rings. The maximum Gasteiger partial charge on any atom is 0.415 e. The molecule has 1 heterocycles. The van der Waals surface area contributed by atoms with Crippen molar-refractivity contribution < 1.29 is 14.3 Å². The Balaban J connectivity index is 2.40. The van der Waals surface area contributed by atoms with Crippen molar-refractivity contribution in [2.45, 2.75) is 58.6 Å². The Hall–Kier alpha value is -1.84. The normalized spacial score (nSPS) is 18.4. The number of ether oxygens (including phenoxy) is 1. The lowest BCUT2D eigenvalue weighted by atomic mass is 9.92. The summed E-state index contributed by atoms with van der Waals surface area (Å²) in [6.45, 7) is 7.60. The Bertz CT molecular complexity index is 545. The SMILES string of the molecule is CCC[C@@H]1CC(=O)c2ccccc2N1C(=O)OC(C)(C)C. The highest BCUT2D eigenvalue weighted by Crippen LogP contribution is 2.33. The van der Waals surface area contributed by atoms with Crippen LogP contribution in [0.5, 0.6) is 0 Å². The van der Waals surface area contributed by atoms with E-state index in [1.54, 1.807) is 11.0 Å². The summed E-state index contributed by atoms with van der Waals surface area (Å²) in [5.74, 6) is 0.101. The Morgan fingerprint density at radius 2 is 2.00 bits per heavy atom. The molecule has 0 radical (unpaired) electrons. The average Bonchev–Trinajstić information content (AvgIpc) is 2.37. The van der Waals surface area contributed by atoms with Gasteiger partial charge in [-0.05, 0) is 39.3 Å². The number of carbonyl (C=O) groups is 2. The summed E-state index contributed by atoms with van der Waals surface area (Å²) < 4.78 is 5.52. The molecule has 0 spiro atoms. The predicted molar refractivity (Wildman–Crippen MR) is 82.8 cm³/mol. The number of Topliss-reactive ketones (excluding diaryl/α,β-unsaturated/α-hetero) is 1. The van der Waals surface area contributed by atoms with Crippen LogP contribution < -0.4 is 4.90 Å². The molecule has 4 heteroatoms. The minimum absolute atomic E-state index is 0.101. The van der Waals surface area contributed by atoms with Gasteiger partial charge in [0.25, 0.3) is 0 Å². The summed E-state index contributed by atoms with van der Waals surface area (Å²) in [5, 5.41) is 0. The molecule has 0 N–H and O–H groups in total. The third-order valence-electron chi connectivity index (χ3n) is 3.46. The Labute approximate surface area is 126 Å². The third kappa shape index (κ3) is 3.43. The molecular weight excluding hydrogens is 266 g/mol. The highest BCUT2D eigenvalue weighted by Gasteiger charge is 2.36. The largest absolute Gasteiger partial charge is 0.443 e. The van der Waals surface area contributed by atoms with E-state index in [1.807, 2.05) is 39.0 Å². The van der Waals surface area contributed by atoms with Crippen molar-refractivity contribution in [2.24, 2.45) is 0 Å². The fraction of sp³-hybridized carbons (Fsp3) is 0.529. The zero-order valence-corrected chi connectivity index (χ0v) is 13.2. The second-order valence-electron chi connectivity index (χ2n) is 6.44. The van der Waals surface area contributed by atoms with Crippen LogP contribution in [0.15, 0.2) is 24.3 Å². The second-order valence-corrected chi connectivity index (χ2v) is 6.44. The van der Waals surface area contributed by atoms with Crippen LogP contribution in [0.3, 0.4) is 0 Å². The van der Waals surface area contributed by atoms with Crippen molar-refractivity contribution in [2.75, 3.05) is 4.90 Å². The van der Waals surface area contributed by atoms with Crippen molar-refractivity contribution in [3.8, 4) is 0 Å². The van der Waals surface area contributed by atoms with Gasteiger partial charge < -0.3 is 4.74 Å². The number of amides is 1. The quantitative estimate of drug-likeness (QED) is 0.820. The minimum Gasteiger partial charge on any atom is -0.443 e. The lowest BCUT2D eigenvalue weighted by Gasteiger charge is -2.37. The number of nitrogens with zero attached hydrogens (tertiary/aromatic N) is 1. The van der Waals surface area contributed by atoms with Crippen molar-refractivity contribution in [3.63, 3.8) is 0 Å². The maximum absolute atomic E-state index is 12.6. The van der Waals surface area contributed by atoms with E-state index in [4.69, 9.17) is 4.74 Å². The molecule has 0 bridgehead atoms. The first-order valence-electron chi connectivity index (χ1n) is 7.48. The second kappa shape index (κ2) is 5.88. The topological polar surface area (TPSA) is 46.6 Å². The molecule has 0 unspecified atom stereocenters. The van der Waals surface area contributed by atoms with E-state index in [-0.39, 0.29) is 17.9 Å². The molecule has 2 rings (SSSR count). The van der Waals surface area contributed by atoms with Gasteiger partial charge in [0.1, 0.15) is 5.60 Å². The molecule has 0 aliphatic carbocycles. The molecule has 0 fully saturated rings. The van der Waals surface area contributed by atoms with E-state index in [0.717, 1.165) is 12.8 Å². The van der Waals surface area contributed by atoms with E-state index in [9.17, 15) is 9.59 Å². The smallest absolute Gasteiger partial charge is 0.415 e. The summed E-state index contributed by atoms with van der Waals surface area (Å²) >= 11 is 0. The molecule has 0 aromatic heterocycles. The van der Waals surface area contributed by atoms with Crippen LogP contribution in [0.25, 0.3) is 0 Å². The number of benzene rings is 1. The fourth-order valence-corrected chi connectivity index (χ4v) is 2.65. The number of hydrogen-bond donors (Lipinski definition) is 0. The van der Waals surface area contributed by atoms with Gasteiger partial charge in [0.2, 0.25) is 0 Å². The molecule has 1 aromatic carbocycles. The molecule has 1 amide bonds. The molecule has 0 saturated heterocycles. The summed E-state index contributed by atoms with van der Waals surface area (Å²) in [5.41, 5.74) is 0.724. The van der Waals surface area contributed by atoms with E-state index in [2.05, 4.69) is 6.92 Å². The molecule has 21 heavy (non-hydrogen) atoms. The molecular formula is C17H23NO3. The Kier molecular flexibility index (Phi) is 4.35. The van der Waals surface area contributed by atoms with Gasteiger partial charge in [-0.3, -0.25) is 9.69 Å². The van der Waals surface area contributed by atoms with E-state index in [0.29, 0.717) is 17.7 Å². The predicted octanol–water partition coefficient (Wildman–Crippen LogP) is 4.18. The number of rotatable bonds is 2. The lowest BCUT2D eigenvalue weighted by molar-refractivity contribution is 0.0557. The maximum atomic E-state index is 12.6. The van der Waals surface area contributed by atoms with Gasteiger partial charge in [0.15, 0.2) is 5.78 Å². The summed E-state index contributed by atoms with van der Waals surface area (Å²) in [4.78, 5) is 26.5. The van der Waals surface area contributed by atoms with Gasteiger partial charge in [0.05, 0.1) is 5.69 Å². The fourth-order valence-electron chi connectivity index (χ4n) is 2.65. The van der Waals surface area contributed by atoms with Crippen LogP contribution in [-0.4, -0.2) is 23.5 Å². The summed E-state index contributed by atoms with van der Waals surface area (Å²) in [6.07, 6.45) is 1.70. The number of anilines is 1. The first-order chi connectivity index (χ1) is 9.83. The Morgan fingerprint density at radius 3 is 2.62 bits per heavy atom. The van der Waals surface area contributed by atoms with Crippen molar-refractivity contribution in [3.05, 3.63) is 29.8 Å². The number of ketones is 1. The van der Waals surface area contributed by atoms with Crippen LogP contribution >= 0.6 is 0 Å². The van der Waals surface area contributed by atoms with E-state index < -0.39 is 5.60 Å². The molecule has 114 valence electrons. The van der Waals surface area contributed by atoms with E-state index in [1.165, 1.54) is 0 Å². The van der Waals surface area contributed by atoms with Crippen LogP contribution in [0.2, 0.25) is 0 Å². The first kappa shape index (κ1) is 15.5. The zero-order chi connectivity index (χ0) is 15.6.